The second kappa shape index (κ2) is 13.6. The number of amides is 5. The lowest BCUT2D eigenvalue weighted by atomic mass is 10.1. The molecule has 0 bridgehead atoms. The van der Waals surface area contributed by atoms with Crippen molar-refractivity contribution >= 4 is 29.9 Å². The fraction of sp³-hybridized carbons (Fsp3) is 0.560. The minimum absolute atomic E-state index is 0.0345. The van der Waals surface area contributed by atoms with E-state index >= 15 is 0 Å². The van der Waals surface area contributed by atoms with Gasteiger partial charge in [-0.2, -0.15) is 0 Å². The molecule has 37 heavy (non-hydrogen) atoms. The lowest BCUT2D eigenvalue weighted by Crippen LogP contribution is -2.57. The number of carbonyl (C=O) groups is 5. The number of hydroxylamine groups is 2. The van der Waals surface area contributed by atoms with Crippen molar-refractivity contribution in [3.05, 3.63) is 35.9 Å². The molecule has 12 nitrogen and oxygen atoms in total. The summed E-state index contributed by atoms with van der Waals surface area (Å²) in [5, 5.41) is 8.02. The van der Waals surface area contributed by atoms with E-state index in [1.807, 2.05) is 44.2 Å². The number of ether oxygens (including phenoxy) is 2. The highest BCUT2D eigenvalue weighted by atomic mass is 16.7. The second-order valence-corrected chi connectivity index (χ2v) is 10.00. The molecule has 1 fully saturated rings. The van der Waals surface area contributed by atoms with Crippen LogP contribution in [-0.4, -0.2) is 59.4 Å². The minimum Gasteiger partial charge on any atom is -0.444 e. The van der Waals surface area contributed by atoms with Crippen molar-refractivity contribution in [1.29, 1.82) is 0 Å². The maximum atomic E-state index is 13.1. The topological polar surface area (TPSA) is 152 Å². The van der Waals surface area contributed by atoms with Crippen LogP contribution in [0.1, 0.15) is 59.4 Å². The number of rotatable bonds is 11. The van der Waals surface area contributed by atoms with E-state index in [1.165, 1.54) is 0 Å². The number of benzene rings is 1. The van der Waals surface area contributed by atoms with Crippen LogP contribution >= 0.6 is 0 Å². The molecule has 0 radical (unpaired) electrons. The molecule has 1 aromatic rings. The lowest BCUT2D eigenvalue weighted by Gasteiger charge is -2.26. The van der Waals surface area contributed by atoms with Crippen molar-refractivity contribution < 1.29 is 38.3 Å². The van der Waals surface area contributed by atoms with Gasteiger partial charge in [0, 0.05) is 12.8 Å². The molecule has 2 atom stereocenters. The highest BCUT2D eigenvalue weighted by Gasteiger charge is 2.34. The quantitative estimate of drug-likeness (QED) is 0.297. The Morgan fingerprint density at radius 1 is 0.946 bits per heavy atom. The van der Waals surface area contributed by atoms with E-state index in [2.05, 4.69) is 16.0 Å². The Labute approximate surface area is 216 Å². The molecular weight excluding hydrogens is 484 g/mol. The maximum Gasteiger partial charge on any atom is 0.433 e. The van der Waals surface area contributed by atoms with Crippen LogP contribution in [0.25, 0.3) is 0 Å². The van der Waals surface area contributed by atoms with Gasteiger partial charge in [-0.25, -0.2) is 9.59 Å². The number of imide groups is 1. The van der Waals surface area contributed by atoms with Gasteiger partial charge in [0.1, 0.15) is 17.8 Å². The largest absolute Gasteiger partial charge is 0.444 e. The summed E-state index contributed by atoms with van der Waals surface area (Å²) in [4.78, 5) is 66.1. The molecule has 0 aromatic heterocycles. The summed E-state index contributed by atoms with van der Waals surface area (Å²) < 4.78 is 10.9. The molecule has 0 spiro atoms. The molecule has 2 rings (SSSR count). The molecule has 0 saturated carbocycles. The van der Waals surface area contributed by atoms with Gasteiger partial charge in [-0.05, 0) is 38.7 Å². The first-order chi connectivity index (χ1) is 17.3. The van der Waals surface area contributed by atoms with Crippen molar-refractivity contribution in [3.63, 3.8) is 0 Å². The van der Waals surface area contributed by atoms with Crippen LogP contribution in [0.5, 0.6) is 0 Å². The van der Waals surface area contributed by atoms with Crippen LogP contribution in [0, 0.1) is 5.92 Å². The Morgan fingerprint density at radius 3 is 2.14 bits per heavy atom. The molecule has 204 valence electrons. The molecule has 1 aliphatic rings. The van der Waals surface area contributed by atoms with Crippen molar-refractivity contribution in [3.8, 4) is 0 Å². The van der Waals surface area contributed by atoms with Gasteiger partial charge in [0.05, 0.1) is 13.2 Å². The van der Waals surface area contributed by atoms with Gasteiger partial charge in [0.2, 0.25) is 5.91 Å². The smallest absolute Gasteiger partial charge is 0.433 e. The average molecular weight is 521 g/mol. The van der Waals surface area contributed by atoms with E-state index in [4.69, 9.17) is 14.3 Å². The first kappa shape index (κ1) is 29.6. The standard InChI is InChI=1S/C25H36N4O8/c1-16(2)13-19(28-24(34)37-29-20(30)11-12-21(29)31)27-22(32)18(26-23(33)36-25(3,4)5)15-35-14-17-9-7-6-8-10-17/h6-10,16,18-19H,11-15H2,1-5H3,(H,26,33)(H,27,32)(H,28,34)/t18-,19-/m0/s1. The average Bonchev–Trinajstić information content (AvgIpc) is 3.09. The molecular formula is C25H36N4O8. The summed E-state index contributed by atoms with van der Waals surface area (Å²) >= 11 is 0. The number of hydrogen-bond acceptors (Lipinski definition) is 8. The Balaban J connectivity index is 2.05. The zero-order valence-electron chi connectivity index (χ0n) is 21.9. The first-order valence-corrected chi connectivity index (χ1v) is 12.1. The molecule has 12 heteroatoms. The van der Waals surface area contributed by atoms with Gasteiger partial charge >= 0.3 is 12.2 Å². The summed E-state index contributed by atoms with van der Waals surface area (Å²) in [6, 6.07) is 8.15. The van der Waals surface area contributed by atoms with Crippen molar-refractivity contribution in [2.24, 2.45) is 5.92 Å². The third kappa shape index (κ3) is 10.9. The number of nitrogens with one attached hydrogen (secondary N) is 3. The van der Waals surface area contributed by atoms with Gasteiger partial charge in [0.25, 0.3) is 11.8 Å². The number of carbonyl (C=O) groups excluding carboxylic acids is 5. The zero-order chi connectivity index (χ0) is 27.6. The van der Waals surface area contributed by atoms with Gasteiger partial charge in [-0.1, -0.05) is 44.2 Å². The third-order valence-electron chi connectivity index (χ3n) is 4.90. The maximum absolute atomic E-state index is 13.1. The summed E-state index contributed by atoms with van der Waals surface area (Å²) in [5.41, 5.74) is 0.0957. The molecule has 1 heterocycles. The third-order valence-corrected chi connectivity index (χ3v) is 4.90. The van der Waals surface area contributed by atoms with E-state index in [1.54, 1.807) is 20.8 Å². The van der Waals surface area contributed by atoms with E-state index in [0.717, 1.165) is 5.56 Å². The van der Waals surface area contributed by atoms with E-state index in [-0.39, 0.29) is 32.0 Å². The molecule has 0 aliphatic carbocycles. The van der Waals surface area contributed by atoms with Crippen LogP contribution in [0.2, 0.25) is 0 Å². The summed E-state index contributed by atoms with van der Waals surface area (Å²) in [6.45, 7) is 8.86. The molecule has 3 N–H and O–H groups in total. The van der Waals surface area contributed by atoms with E-state index in [9.17, 15) is 24.0 Å². The molecule has 1 aromatic carbocycles. The predicted octanol–water partition coefficient (Wildman–Crippen LogP) is 2.38. The van der Waals surface area contributed by atoms with Crippen molar-refractivity contribution in [2.45, 2.75) is 78.3 Å². The molecule has 5 amide bonds. The Hall–Kier alpha value is -3.67. The summed E-state index contributed by atoms with van der Waals surface area (Å²) in [6.07, 6.45) is -2.60. The van der Waals surface area contributed by atoms with Gasteiger partial charge in [-0.3, -0.25) is 19.7 Å². The van der Waals surface area contributed by atoms with Crippen LogP contribution in [0.4, 0.5) is 9.59 Å². The minimum atomic E-state index is -1.15. The fourth-order valence-corrected chi connectivity index (χ4v) is 3.31. The van der Waals surface area contributed by atoms with Crippen LogP contribution in [0.3, 0.4) is 0 Å². The Kier molecular flexibility index (Phi) is 10.9. The normalized spacial score (nSPS) is 15.2. The van der Waals surface area contributed by atoms with Crippen LogP contribution < -0.4 is 16.0 Å². The predicted molar refractivity (Wildman–Crippen MR) is 131 cm³/mol. The van der Waals surface area contributed by atoms with Gasteiger partial charge in [-0.15, -0.1) is 5.06 Å². The van der Waals surface area contributed by atoms with E-state index < -0.39 is 47.7 Å². The lowest BCUT2D eigenvalue weighted by molar-refractivity contribution is -0.171. The number of alkyl carbamates (subject to hydrolysis) is 1. The van der Waals surface area contributed by atoms with Crippen molar-refractivity contribution in [2.75, 3.05) is 6.61 Å². The van der Waals surface area contributed by atoms with Gasteiger partial charge < -0.3 is 24.9 Å². The Bertz CT molecular complexity index is 945. The number of nitrogens with zero attached hydrogens (tertiary/aromatic N) is 1. The highest BCUT2D eigenvalue weighted by Crippen LogP contribution is 2.13. The molecule has 1 aliphatic heterocycles. The highest BCUT2D eigenvalue weighted by molar-refractivity contribution is 6.01. The first-order valence-electron chi connectivity index (χ1n) is 12.1. The molecule has 1 saturated heterocycles. The summed E-state index contributed by atoms with van der Waals surface area (Å²) in [7, 11) is 0. The molecule has 0 unspecified atom stereocenters. The van der Waals surface area contributed by atoms with Crippen molar-refractivity contribution in [1.82, 2.24) is 21.0 Å². The second-order valence-electron chi connectivity index (χ2n) is 10.00. The Morgan fingerprint density at radius 2 is 1.57 bits per heavy atom. The summed E-state index contributed by atoms with van der Waals surface area (Å²) in [5.74, 6) is -1.85. The van der Waals surface area contributed by atoms with E-state index in [0.29, 0.717) is 11.5 Å². The van der Waals surface area contributed by atoms with Gasteiger partial charge in [0.15, 0.2) is 0 Å². The fourth-order valence-electron chi connectivity index (χ4n) is 3.31. The van der Waals surface area contributed by atoms with Crippen LogP contribution in [0.15, 0.2) is 30.3 Å². The zero-order valence-corrected chi connectivity index (χ0v) is 21.9. The number of hydrogen-bond donors (Lipinski definition) is 3. The monoisotopic (exact) mass is 520 g/mol. The SMILES string of the molecule is CC(C)C[C@H](NC(=O)ON1C(=O)CCC1=O)NC(=O)[C@H](COCc1ccccc1)NC(=O)OC(C)(C)C. The van der Waals surface area contributed by atoms with Crippen LogP contribution in [-0.2, 0) is 35.3 Å².